The number of nitrogens with zero attached hydrogens (tertiary/aromatic N) is 1. The standard InChI is InChI=1S/C19H21NO/c1-18(2)15-9-5-6-10-16(15)20(3)19(18)13-12-14-8-4-7-11-17(14)21-19/h4-11H,12-13H2,1-3H3. The van der Waals surface area contributed by atoms with Gasteiger partial charge in [0.25, 0.3) is 0 Å². The van der Waals surface area contributed by atoms with E-state index in [4.69, 9.17) is 4.74 Å². The molecule has 2 nitrogen and oxygen atoms in total. The Hall–Kier alpha value is -1.96. The molecule has 0 bridgehead atoms. The molecule has 0 aromatic heterocycles. The first-order chi connectivity index (χ1) is 10.1. The van der Waals surface area contributed by atoms with E-state index < -0.39 is 0 Å². The maximum Gasteiger partial charge on any atom is 0.192 e. The number of para-hydroxylation sites is 2. The van der Waals surface area contributed by atoms with Crippen LogP contribution in [-0.4, -0.2) is 12.8 Å². The molecule has 0 saturated heterocycles. The number of anilines is 1. The molecule has 1 unspecified atom stereocenters. The third kappa shape index (κ3) is 1.48. The van der Waals surface area contributed by atoms with Gasteiger partial charge in [0.15, 0.2) is 5.72 Å². The second-order valence-electron chi connectivity index (χ2n) is 6.70. The van der Waals surface area contributed by atoms with Crippen molar-refractivity contribution in [1.82, 2.24) is 0 Å². The number of rotatable bonds is 0. The minimum absolute atomic E-state index is 0.0358. The highest BCUT2D eigenvalue weighted by Crippen LogP contribution is 2.55. The van der Waals surface area contributed by atoms with Crippen LogP contribution in [0.5, 0.6) is 5.75 Å². The summed E-state index contributed by atoms with van der Waals surface area (Å²) < 4.78 is 6.62. The van der Waals surface area contributed by atoms with Crippen LogP contribution in [0.1, 0.15) is 31.4 Å². The summed E-state index contributed by atoms with van der Waals surface area (Å²) >= 11 is 0. The normalized spacial score (nSPS) is 25.4. The number of ether oxygens (including phenoxy) is 1. The topological polar surface area (TPSA) is 12.5 Å². The molecule has 2 aromatic rings. The first-order valence-electron chi connectivity index (χ1n) is 7.66. The van der Waals surface area contributed by atoms with Gasteiger partial charge in [-0.1, -0.05) is 36.4 Å². The Balaban J connectivity index is 1.87. The third-order valence-electron chi connectivity index (χ3n) is 5.44. The lowest BCUT2D eigenvalue weighted by Gasteiger charge is -2.48. The predicted molar refractivity (Wildman–Crippen MR) is 86.0 cm³/mol. The zero-order chi connectivity index (χ0) is 14.7. The van der Waals surface area contributed by atoms with Gasteiger partial charge in [-0.2, -0.15) is 0 Å². The molecule has 0 aliphatic carbocycles. The lowest BCUT2D eigenvalue weighted by molar-refractivity contribution is -0.00580. The van der Waals surface area contributed by atoms with Crippen molar-refractivity contribution in [2.45, 2.75) is 37.8 Å². The molecule has 2 aliphatic heterocycles. The summed E-state index contributed by atoms with van der Waals surface area (Å²) in [4.78, 5) is 2.35. The fourth-order valence-corrected chi connectivity index (χ4v) is 4.14. The molecule has 21 heavy (non-hydrogen) atoms. The van der Waals surface area contributed by atoms with Gasteiger partial charge in [0.05, 0.1) is 5.41 Å². The molecule has 2 heteroatoms. The van der Waals surface area contributed by atoms with E-state index in [2.05, 4.69) is 74.3 Å². The Morgan fingerprint density at radius 1 is 1.00 bits per heavy atom. The Morgan fingerprint density at radius 3 is 2.52 bits per heavy atom. The molecular formula is C19H21NO. The van der Waals surface area contributed by atoms with Crippen molar-refractivity contribution >= 4 is 5.69 Å². The summed E-state index contributed by atoms with van der Waals surface area (Å²) in [6, 6.07) is 17.1. The number of benzene rings is 2. The van der Waals surface area contributed by atoms with E-state index in [9.17, 15) is 0 Å². The maximum atomic E-state index is 6.62. The molecule has 0 fully saturated rings. The molecule has 4 rings (SSSR count). The van der Waals surface area contributed by atoms with Gasteiger partial charge in [-0.25, -0.2) is 0 Å². The third-order valence-corrected chi connectivity index (χ3v) is 5.44. The zero-order valence-corrected chi connectivity index (χ0v) is 12.9. The van der Waals surface area contributed by atoms with Crippen molar-refractivity contribution in [2.24, 2.45) is 0 Å². The number of hydrogen-bond donors (Lipinski definition) is 0. The van der Waals surface area contributed by atoms with Gasteiger partial charge in [0.2, 0.25) is 0 Å². The molecule has 2 heterocycles. The largest absolute Gasteiger partial charge is 0.467 e. The maximum absolute atomic E-state index is 6.62. The lowest BCUT2D eigenvalue weighted by atomic mass is 9.74. The average Bonchev–Trinajstić information content (AvgIpc) is 2.67. The van der Waals surface area contributed by atoms with Gasteiger partial charge in [0, 0.05) is 19.2 Å². The minimum Gasteiger partial charge on any atom is -0.467 e. The minimum atomic E-state index is -0.287. The molecule has 0 saturated carbocycles. The zero-order valence-electron chi connectivity index (χ0n) is 12.9. The van der Waals surface area contributed by atoms with Crippen LogP contribution in [0, 0.1) is 0 Å². The van der Waals surface area contributed by atoms with Crippen molar-refractivity contribution < 1.29 is 4.74 Å². The van der Waals surface area contributed by atoms with Crippen molar-refractivity contribution in [3.8, 4) is 5.75 Å². The van der Waals surface area contributed by atoms with Crippen LogP contribution in [0.4, 0.5) is 5.69 Å². The van der Waals surface area contributed by atoms with E-state index in [0.717, 1.165) is 18.6 Å². The van der Waals surface area contributed by atoms with Crippen LogP contribution in [0.3, 0.4) is 0 Å². The summed E-state index contributed by atoms with van der Waals surface area (Å²) in [6.07, 6.45) is 2.08. The Morgan fingerprint density at radius 2 is 1.71 bits per heavy atom. The molecule has 108 valence electrons. The SMILES string of the molecule is CN1c2ccccc2C(C)(C)C12CCc1ccccc1O2. The van der Waals surface area contributed by atoms with Crippen molar-refractivity contribution in [3.05, 3.63) is 59.7 Å². The molecule has 1 atom stereocenters. The van der Waals surface area contributed by atoms with Crippen molar-refractivity contribution in [2.75, 3.05) is 11.9 Å². The first-order valence-corrected chi connectivity index (χ1v) is 7.66. The fraction of sp³-hybridized carbons (Fsp3) is 0.368. The van der Waals surface area contributed by atoms with Gasteiger partial charge in [-0.3, -0.25) is 0 Å². The predicted octanol–water partition coefficient (Wildman–Crippen LogP) is 4.14. The van der Waals surface area contributed by atoms with Crippen LogP contribution in [0.25, 0.3) is 0 Å². The van der Waals surface area contributed by atoms with Gasteiger partial charge in [-0.15, -0.1) is 0 Å². The Labute approximate surface area is 126 Å². The van der Waals surface area contributed by atoms with E-state index in [-0.39, 0.29) is 11.1 Å². The van der Waals surface area contributed by atoms with Gasteiger partial charge in [0.1, 0.15) is 5.75 Å². The molecule has 0 radical (unpaired) electrons. The molecule has 2 aromatic carbocycles. The Kier molecular flexibility index (Phi) is 2.45. The number of fused-ring (bicyclic) bond motifs is 2. The molecule has 0 N–H and O–H groups in total. The fourth-order valence-electron chi connectivity index (χ4n) is 4.14. The monoisotopic (exact) mass is 279 g/mol. The van der Waals surface area contributed by atoms with E-state index in [1.807, 2.05) is 0 Å². The lowest BCUT2D eigenvalue weighted by Crippen LogP contribution is -2.60. The summed E-state index contributed by atoms with van der Waals surface area (Å²) in [5, 5.41) is 0. The van der Waals surface area contributed by atoms with Gasteiger partial charge >= 0.3 is 0 Å². The summed E-state index contributed by atoms with van der Waals surface area (Å²) in [7, 11) is 2.17. The van der Waals surface area contributed by atoms with Crippen LogP contribution < -0.4 is 9.64 Å². The van der Waals surface area contributed by atoms with E-state index >= 15 is 0 Å². The smallest absolute Gasteiger partial charge is 0.192 e. The Bertz CT molecular complexity index is 706. The summed E-state index contributed by atoms with van der Waals surface area (Å²) in [6.45, 7) is 4.62. The van der Waals surface area contributed by atoms with Crippen LogP contribution in [0.2, 0.25) is 0 Å². The second-order valence-corrected chi connectivity index (χ2v) is 6.70. The molecule has 2 aliphatic rings. The average molecular weight is 279 g/mol. The van der Waals surface area contributed by atoms with Gasteiger partial charge < -0.3 is 9.64 Å². The molecule has 0 amide bonds. The second kappa shape index (κ2) is 4.03. The van der Waals surface area contributed by atoms with Crippen molar-refractivity contribution in [1.29, 1.82) is 0 Å². The summed E-state index contributed by atoms with van der Waals surface area (Å²) in [5.41, 5.74) is 3.67. The van der Waals surface area contributed by atoms with E-state index in [0.29, 0.717) is 0 Å². The van der Waals surface area contributed by atoms with Crippen molar-refractivity contribution in [3.63, 3.8) is 0 Å². The molecular weight excluding hydrogens is 258 g/mol. The quantitative estimate of drug-likeness (QED) is 0.719. The van der Waals surface area contributed by atoms with Crippen LogP contribution in [0.15, 0.2) is 48.5 Å². The van der Waals surface area contributed by atoms with Crippen LogP contribution in [-0.2, 0) is 11.8 Å². The highest BCUT2D eigenvalue weighted by atomic mass is 16.5. The summed E-state index contributed by atoms with van der Waals surface area (Å²) in [5.74, 6) is 1.04. The first kappa shape index (κ1) is 12.8. The number of aryl methyl sites for hydroxylation is 1. The van der Waals surface area contributed by atoms with E-state index in [1.165, 1.54) is 16.8 Å². The number of likely N-dealkylation sites (N-methyl/N-ethyl adjacent to an activating group) is 1. The molecule has 1 spiro atoms. The number of hydrogen-bond acceptors (Lipinski definition) is 2. The van der Waals surface area contributed by atoms with Crippen LogP contribution >= 0.6 is 0 Å². The highest BCUT2D eigenvalue weighted by Gasteiger charge is 2.58. The van der Waals surface area contributed by atoms with E-state index in [1.54, 1.807) is 0 Å². The highest BCUT2D eigenvalue weighted by molar-refractivity contribution is 5.66. The van der Waals surface area contributed by atoms with Gasteiger partial charge in [-0.05, 0) is 43.5 Å².